The fraction of sp³-hybridized carbons (Fsp3) is 0.238. The van der Waals surface area contributed by atoms with Crippen LogP contribution in [0.5, 0.6) is 11.8 Å². The molecule has 1 aliphatic heterocycles. The first-order valence-electron chi connectivity index (χ1n) is 10.1. The van der Waals surface area contributed by atoms with Gasteiger partial charge in [0.15, 0.2) is 5.75 Å². The molecule has 4 aromatic rings. The van der Waals surface area contributed by atoms with Gasteiger partial charge in [-0.15, -0.1) is 0 Å². The number of H-pyrrole nitrogens is 1. The van der Waals surface area contributed by atoms with Gasteiger partial charge in [0, 0.05) is 19.3 Å². The molecule has 10 nitrogen and oxygen atoms in total. The first-order valence-corrected chi connectivity index (χ1v) is 11.6. The molecular formula is C21H20N6O4S. The molecule has 1 aromatic carbocycles. The summed E-state index contributed by atoms with van der Waals surface area (Å²) >= 11 is 0. The van der Waals surface area contributed by atoms with Crippen LogP contribution in [0.4, 0.5) is 0 Å². The van der Waals surface area contributed by atoms with Gasteiger partial charge in [0.2, 0.25) is 10.0 Å². The Labute approximate surface area is 183 Å². The second-order valence-corrected chi connectivity index (χ2v) is 9.43. The van der Waals surface area contributed by atoms with Gasteiger partial charge < -0.3 is 4.74 Å². The van der Waals surface area contributed by atoms with Gasteiger partial charge >= 0.3 is 6.01 Å². The molecule has 1 aliphatic rings. The van der Waals surface area contributed by atoms with Gasteiger partial charge in [-0.05, 0) is 31.0 Å². The summed E-state index contributed by atoms with van der Waals surface area (Å²) in [6, 6.07) is 9.91. The molecule has 164 valence electrons. The third-order valence-electron chi connectivity index (χ3n) is 5.39. The van der Waals surface area contributed by atoms with Gasteiger partial charge in [-0.3, -0.25) is 19.4 Å². The highest BCUT2D eigenvalue weighted by atomic mass is 32.2. The molecule has 0 saturated carbocycles. The summed E-state index contributed by atoms with van der Waals surface area (Å²) in [5, 5.41) is 4.77. The Balaban J connectivity index is 1.34. The summed E-state index contributed by atoms with van der Waals surface area (Å²) in [5.41, 5.74) is 0.0986. The molecular weight excluding hydrogens is 432 g/mol. The number of benzene rings is 1. The van der Waals surface area contributed by atoms with E-state index in [0.29, 0.717) is 29.7 Å². The Morgan fingerprint density at radius 3 is 2.81 bits per heavy atom. The molecule has 0 radical (unpaired) electrons. The lowest BCUT2D eigenvalue weighted by atomic mass is 10.1. The first-order chi connectivity index (χ1) is 15.5. The molecule has 5 rings (SSSR count). The Morgan fingerprint density at radius 2 is 1.97 bits per heavy atom. The number of nitrogens with one attached hydrogen (secondary N) is 1. The van der Waals surface area contributed by atoms with E-state index in [9.17, 15) is 13.2 Å². The molecule has 32 heavy (non-hydrogen) atoms. The van der Waals surface area contributed by atoms with Crippen LogP contribution in [0.25, 0.3) is 10.9 Å². The van der Waals surface area contributed by atoms with E-state index in [-0.39, 0.29) is 22.5 Å². The summed E-state index contributed by atoms with van der Waals surface area (Å²) in [5.74, 6) is 0.388. The fourth-order valence-electron chi connectivity index (χ4n) is 3.80. The van der Waals surface area contributed by atoms with Crippen molar-refractivity contribution in [2.24, 2.45) is 0 Å². The molecule has 0 unspecified atom stereocenters. The van der Waals surface area contributed by atoms with Crippen molar-refractivity contribution >= 4 is 20.9 Å². The van der Waals surface area contributed by atoms with Crippen molar-refractivity contribution in [2.45, 2.75) is 23.8 Å². The van der Waals surface area contributed by atoms with Crippen LogP contribution in [0.1, 0.15) is 18.9 Å². The van der Waals surface area contributed by atoms with E-state index in [0.717, 1.165) is 12.8 Å². The number of aromatic amines is 1. The minimum Gasteiger partial charge on any atom is -0.422 e. The lowest BCUT2D eigenvalue weighted by Gasteiger charge is -2.32. The predicted molar refractivity (Wildman–Crippen MR) is 116 cm³/mol. The zero-order valence-electron chi connectivity index (χ0n) is 17.0. The van der Waals surface area contributed by atoms with E-state index < -0.39 is 10.0 Å². The highest BCUT2D eigenvalue weighted by Gasteiger charge is 2.31. The van der Waals surface area contributed by atoms with Crippen LogP contribution < -0.4 is 10.3 Å². The molecule has 1 fully saturated rings. The number of aromatic nitrogens is 5. The standard InChI is InChI=1S/C21H20N6O4S/c28-20-18-8-9-22-12-19(18)24-21(25-20)31-16-11-23-27(14-16)15-5-4-10-26(13-15)32(29,30)17-6-2-1-3-7-17/h1-3,6-9,11-12,14-15H,4-5,10,13H2,(H,24,25,28)/t15-/m1/s1. The third-order valence-corrected chi connectivity index (χ3v) is 7.27. The van der Waals surface area contributed by atoms with E-state index in [2.05, 4.69) is 20.1 Å². The van der Waals surface area contributed by atoms with Crippen LogP contribution in [0.15, 0.2) is 70.9 Å². The van der Waals surface area contributed by atoms with Gasteiger partial charge in [-0.1, -0.05) is 18.2 Å². The molecule has 0 amide bonds. The zero-order chi connectivity index (χ0) is 22.1. The average molecular weight is 452 g/mol. The van der Waals surface area contributed by atoms with Crippen LogP contribution in [0.2, 0.25) is 0 Å². The minimum absolute atomic E-state index is 0.0342. The second-order valence-electron chi connectivity index (χ2n) is 7.49. The maximum absolute atomic E-state index is 13.0. The van der Waals surface area contributed by atoms with Gasteiger partial charge in [-0.25, -0.2) is 8.42 Å². The molecule has 0 spiro atoms. The number of sulfonamides is 1. The van der Waals surface area contributed by atoms with E-state index in [1.807, 2.05) is 0 Å². The summed E-state index contributed by atoms with van der Waals surface area (Å²) in [7, 11) is -3.56. The van der Waals surface area contributed by atoms with Gasteiger partial charge in [0.05, 0.1) is 40.4 Å². The van der Waals surface area contributed by atoms with Gasteiger partial charge in [0.1, 0.15) is 0 Å². The quantitative estimate of drug-likeness (QED) is 0.493. The normalized spacial score (nSPS) is 17.4. The maximum Gasteiger partial charge on any atom is 0.302 e. The van der Waals surface area contributed by atoms with Crippen LogP contribution in [-0.2, 0) is 10.0 Å². The summed E-state index contributed by atoms with van der Waals surface area (Å²) in [6.45, 7) is 0.781. The van der Waals surface area contributed by atoms with Crippen LogP contribution in [0, 0.1) is 0 Å². The Bertz CT molecular complexity index is 1420. The fourth-order valence-corrected chi connectivity index (χ4v) is 5.34. The molecule has 11 heteroatoms. The molecule has 0 bridgehead atoms. The number of hydrogen-bond donors (Lipinski definition) is 1. The number of nitrogens with zero attached hydrogens (tertiary/aromatic N) is 5. The average Bonchev–Trinajstić information content (AvgIpc) is 3.28. The molecule has 1 N–H and O–H groups in total. The number of ether oxygens (including phenoxy) is 1. The largest absolute Gasteiger partial charge is 0.422 e. The lowest BCUT2D eigenvalue weighted by Crippen LogP contribution is -2.40. The number of hydrogen-bond acceptors (Lipinski definition) is 7. The van der Waals surface area contributed by atoms with Crippen molar-refractivity contribution in [1.82, 2.24) is 29.0 Å². The number of pyridine rings is 1. The molecule has 1 atom stereocenters. The highest BCUT2D eigenvalue weighted by molar-refractivity contribution is 7.89. The van der Waals surface area contributed by atoms with Crippen molar-refractivity contribution in [2.75, 3.05) is 13.1 Å². The summed E-state index contributed by atoms with van der Waals surface area (Å²) in [4.78, 5) is 23.3. The van der Waals surface area contributed by atoms with E-state index >= 15 is 0 Å². The SMILES string of the molecule is O=c1[nH]c(Oc2cnn([C@@H]3CCCN(S(=O)(=O)c4ccccc4)C3)c2)nc2cnccc12. The van der Waals surface area contributed by atoms with Crippen LogP contribution in [0.3, 0.4) is 0 Å². The van der Waals surface area contributed by atoms with E-state index in [1.54, 1.807) is 47.3 Å². The molecule has 0 aliphatic carbocycles. The van der Waals surface area contributed by atoms with E-state index in [1.165, 1.54) is 22.9 Å². The number of rotatable bonds is 5. The van der Waals surface area contributed by atoms with Crippen LogP contribution >= 0.6 is 0 Å². The number of fused-ring (bicyclic) bond motifs is 1. The van der Waals surface area contributed by atoms with Crippen molar-refractivity contribution < 1.29 is 13.2 Å². The smallest absolute Gasteiger partial charge is 0.302 e. The Kier molecular flexibility index (Phi) is 5.19. The first kappa shape index (κ1) is 20.3. The monoisotopic (exact) mass is 452 g/mol. The highest BCUT2D eigenvalue weighted by Crippen LogP contribution is 2.28. The Morgan fingerprint density at radius 1 is 1.12 bits per heavy atom. The third kappa shape index (κ3) is 3.87. The van der Waals surface area contributed by atoms with Gasteiger partial charge in [-0.2, -0.15) is 14.4 Å². The lowest BCUT2D eigenvalue weighted by molar-refractivity contribution is 0.253. The molecule has 4 heterocycles. The number of piperidine rings is 1. The summed E-state index contributed by atoms with van der Waals surface area (Å²) in [6.07, 6.45) is 7.72. The van der Waals surface area contributed by atoms with Crippen molar-refractivity contribution in [3.05, 3.63) is 71.5 Å². The predicted octanol–water partition coefficient (Wildman–Crippen LogP) is 2.33. The van der Waals surface area contributed by atoms with Crippen molar-refractivity contribution in [1.29, 1.82) is 0 Å². The van der Waals surface area contributed by atoms with E-state index in [4.69, 9.17) is 4.74 Å². The van der Waals surface area contributed by atoms with Crippen molar-refractivity contribution in [3.63, 3.8) is 0 Å². The molecule has 1 saturated heterocycles. The summed E-state index contributed by atoms with van der Waals surface area (Å²) < 4.78 is 34.8. The zero-order valence-corrected chi connectivity index (χ0v) is 17.8. The maximum atomic E-state index is 13.0. The van der Waals surface area contributed by atoms with Crippen molar-refractivity contribution in [3.8, 4) is 11.8 Å². The van der Waals surface area contributed by atoms with Crippen LogP contribution in [-0.4, -0.2) is 50.5 Å². The molecule has 3 aromatic heterocycles. The Hall–Kier alpha value is -3.57. The van der Waals surface area contributed by atoms with Gasteiger partial charge in [0.25, 0.3) is 5.56 Å². The second kappa shape index (κ2) is 8.17. The topological polar surface area (TPSA) is 123 Å². The minimum atomic E-state index is -3.56.